The summed E-state index contributed by atoms with van der Waals surface area (Å²) in [4.78, 5) is 16.5. The minimum atomic E-state index is -4.36. The van der Waals surface area contributed by atoms with Crippen molar-refractivity contribution in [1.82, 2.24) is 14.9 Å². The molecule has 0 saturated carbocycles. The molecule has 0 unspecified atom stereocenters. The van der Waals surface area contributed by atoms with Gasteiger partial charge in [-0.1, -0.05) is 12.1 Å². The first-order valence-electron chi connectivity index (χ1n) is 7.79. The van der Waals surface area contributed by atoms with Gasteiger partial charge in [-0.25, -0.2) is 4.98 Å². The van der Waals surface area contributed by atoms with Gasteiger partial charge in [-0.05, 0) is 31.0 Å². The topological polar surface area (TPSA) is 46.9 Å². The monoisotopic (exact) mass is 337 g/mol. The Morgan fingerprint density at radius 1 is 1.33 bits per heavy atom. The van der Waals surface area contributed by atoms with Crippen LogP contribution in [0.5, 0.6) is 0 Å². The third-order valence-corrected chi connectivity index (χ3v) is 4.12. The fourth-order valence-electron chi connectivity index (χ4n) is 2.98. The van der Waals surface area contributed by atoms with Crippen LogP contribution in [0.1, 0.15) is 29.1 Å². The molecule has 1 aromatic carbocycles. The maximum atomic E-state index is 12.5. The number of fused-ring (bicyclic) bond motifs is 1. The van der Waals surface area contributed by atoms with E-state index >= 15 is 0 Å². The van der Waals surface area contributed by atoms with Crippen molar-refractivity contribution in [3.8, 4) is 0 Å². The average molecular weight is 337 g/mol. The second-order valence-corrected chi connectivity index (χ2v) is 6.13. The molecule has 0 bridgehead atoms. The van der Waals surface area contributed by atoms with E-state index in [4.69, 9.17) is 0 Å². The fraction of sp³-hybridized carbons (Fsp3) is 0.412. The normalized spacial score (nSPS) is 17.4. The predicted molar refractivity (Wildman–Crippen MR) is 82.4 cm³/mol. The Labute approximate surface area is 137 Å². The molecule has 1 aliphatic rings. The number of benzene rings is 1. The lowest BCUT2D eigenvalue weighted by Crippen LogP contribution is -2.41. The zero-order chi connectivity index (χ0) is 17.3. The molecule has 0 fully saturated rings. The largest absolute Gasteiger partial charge is 0.416 e. The Hall–Kier alpha value is -2.31. The van der Waals surface area contributed by atoms with Gasteiger partial charge < -0.3 is 9.88 Å². The predicted octanol–water partition coefficient (Wildman–Crippen LogP) is 2.88. The molecular weight excluding hydrogens is 319 g/mol. The first kappa shape index (κ1) is 16.5. The van der Waals surface area contributed by atoms with E-state index in [9.17, 15) is 18.0 Å². The van der Waals surface area contributed by atoms with Crippen molar-refractivity contribution < 1.29 is 18.0 Å². The summed E-state index contributed by atoms with van der Waals surface area (Å²) in [6, 6.07) is 4.72. The number of rotatable bonds is 3. The molecule has 1 aromatic heterocycles. The van der Waals surface area contributed by atoms with Gasteiger partial charge in [0.05, 0.1) is 17.7 Å². The van der Waals surface area contributed by atoms with E-state index in [0.717, 1.165) is 36.5 Å². The standard InChI is InChI=1S/C17H18F3N3O/c1-11-9-23-10-14(6-7-15(23)21-11)22-16(24)8-12-2-4-13(5-3-12)17(18,19)20/h2-5,9,14H,6-8,10H2,1H3,(H,22,24)/t14-/m1/s1. The highest BCUT2D eigenvalue weighted by molar-refractivity contribution is 5.78. The summed E-state index contributed by atoms with van der Waals surface area (Å²) in [6.45, 7) is 2.61. The zero-order valence-corrected chi connectivity index (χ0v) is 13.2. The average Bonchev–Trinajstić information content (AvgIpc) is 2.86. The molecule has 1 N–H and O–H groups in total. The lowest BCUT2D eigenvalue weighted by Gasteiger charge is -2.24. The number of amides is 1. The highest BCUT2D eigenvalue weighted by Crippen LogP contribution is 2.29. The van der Waals surface area contributed by atoms with Crippen LogP contribution < -0.4 is 5.32 Å². The van der Waals surface area contributed by atoms with Crippen LogP contribution in [0, 0.1) is 6.92 Å². The Morgan fingerprint density at radius 3 is 2.71 bits per heavy atom. The molecule has 3 rings (SSSR count). The molecule has 0 radical (unpaired) electrons. The molecule has 2 aromatic rings. The zero-order valence-electron chi connectivity index (χ0n) is 13.2. The Morgan fingerprint density at radius 2 is 2.04 bits per heavy atom. The minimum Gasteiger partial charge on any atom is -0.351 e. The molecular formula is C17H18F3N3O. The van der Waals surface area contributed by atoms with E-state index in [-0.39, 0.29) is 18.4 Å². The summed E-state index contributed by atoms with van der Waals surface area (Å²) in [7, 11) is 0. The van der Waals surface area contributed by atoms with Crippen molar-refractivity contribution >= 4 is 5.91 Å². The number of aromatic nitrogens is 2. The second-order valence-electron chi connectivity index (χ2n) is 6.13. The van der Waals surface area contributed by atoms with Crippen molar-refractivity contribution in [1.29, 1.82) is 0 Å². The highest BCUT2D eigenvalue weighted by atomic mass is 19.4. The van der Waals surface area contributed by atoms with Crippen molar-refractivity contribution in [3.63, 3.8) is 0 Å². The highest BCUT2D eigenvalue weighted by Gasteiger charge is 2.30. The number of carbonyl (C=O) groups excluding carboxylic acids is 1. The van der Waals surface area contributed by atoms with Gasteiger partial charge in [-0.3, -0.25) is 4.79 Å². The number of alkyl halides is 3. The minimum absolute atomic E-state index is 0.0213. The number of carbonyl (C=O) groups is 1. The molecule has 0 aliphatic carbocycles. The van der Waals surface area contributed by atoms with Gasteiger partial charge in [0, 0.05) is 25.2 Å². The third-order valence-electron chi connectivity index (χ3n) is 4.12. The summed E-state index contributed by atoms with van der Waals surface area (Å²) in [5.41, 5.74) is 0.819. The van der Waals surface area contributed by atoms with E-state index in [1.54, 1.807) is 0 Å². The van der Waals surface area contributed by atoms with Gasteiger partial charge in [0.2, 0.25) is 5.91 Å². The van der Waals surface area contributed by atoms with Gasteiger partial charge >= 0.3 is 6.18 Å². The van der Waals surface area contributed by atoms with E-state index in [1.165, 1.54) is 12.1 Å². The summed E-state index contributed by atoms with van der Waals surface area (Å²) in [5, 5.41) is 2.95. The molecule has 0 spiro atoms. The van der Waals surface area contributed by atoms with Crippen LogP contribution in [0.3, 0.4) is 0 Å². The summed E-state index contributed by atoms with van der Waals surface area (Å²) >= 11 is 0. The summed E-state index contributed by atoms with van der Waals surface area (Å²) < 4.78 is 39.6. The number of hydrogen-bond acceptors (Lipinski definition) is 2. The number of imidazole rings is 1. The van der Waals surface area contributed by atoms with Gasteiger partial charge in [0.25, 0.3) is 0 Å². The van der Waals surface area contributed by atoms with Crippen LogP contribution in [0.15, 0.2) is 30.5 Å². The molecule has 128 valence electrons. The Kier molecular flexibility index (Phi) is 4.34. The van der Waals surface area contributed by atoms with Crippen LogP contribution in [0.25, 0.3) is 0 Å². The summed E-state index contributed by atoms with van der Waals surface area (Å²) in [5.74, 6) is 0.848. The number of nitrogens with one attached hydrogen (secondary N) is 1. The smallest absolute Gasteiger partial charge is 0.351 e. The molecule has 24 heavy (non-hydrogen) atoms. The number of hydrogen-bond donors (Lipinski definition) is 1. The number of aryl methyl sites for hydroxylation is 2. The van der Waals surface area contributed by atoms with Crippen LogP contribution in [0.4, 0.5) is 13.2 Å². The van der Waals surface area contributed by atoms with E-state index in [2.05, 4.69) is 10.3 Å². The third kappa shape index (κ3) is 3.77. The number of nitrogens with zero attached hydrogens (tertiary/aromatic N) is 2. The van der Waals surface area contributed by atoms with Crippen LogP contribution in [0.2, 0.25) is 0 Å². The van der Waals surface area contributed by atoms with Crippen molar-refractivity contribution in [3.05, 3.63) is 53.1 Å². The van der Waals surface area contributed by atoms with Gasteiger partial charge in [-0.2, -0.15) is 13.2 Å². The Bertz CT molecular complexity index is 735. The SMILES string of the molecule is Cc1cn2c(n1)CC[C@@H](NC(=O)Cc1ccc(C(F)(F)F)cc1)C2. The molecule has 2 heterocycles. The first-order chi connectivity index (χ1) is 11.3. The maximum absolute atomic E-state index is 12.5. The quantitative estimate of drug-likeness (QED) is 0.936. The van der Waals surface area contributed by atoms with Crippen LogP contribution >= 0.6 is 0 Å². The number of halogens is 3. The summed E-state index contributed by atoms with van der Waals surface area (Å²) in [6.07, 6.45) is -0.703. The molecule has 1 atom stereocenters. The molecule has 7 heteroatoms. The molecule has 0 saturated heterocycles. The van der Waals surface area contributed by atoms with Crippen molar-refractivity contribution in [2.45, 2.75) is 44.9 Å². The first-order valence-corrected chi connectivity index (χ1v) is 7.79. The maximum Gasteiger partial charge on any atom is 0.416 e. The van der Waals surface area contributed by atoms with E-state index < -0.39 is 11.7 Å². The van der Waals surface area contributed by atoms with Crippen molar-refractivity contribution in [2.75, 3.05) is 0 Å². The molecule has 1 amide bonds. The van der Waals surface area contributed by atoms with E-state index in [1.807, 2.05) is 17.7 Å². The second kappa shape index (κ2) is 6.30. The molecule has 4 nitrogen and oxygen atoms in total. The van der Waals surface area contributed by atoms with Crippen LogP contribution in [-0.4, -0.2) is 21.5 Å². The fourth-order valence-corrected chi connectivity index (χ4v) is 2.98. The van der Waals surface area contributed by atoms with Gasteiger partial charge in [0.15, 0.2) is 0 Å². The van der Waals surface area contributed by atoms with E-state index in [0.29, 0.717) is 12.1 Å². The lowest BCUT2D eigenvalue weighted by atomic mass is 10.1. The van der Waals surface area contributed by atoms with Crippen LogP contribution in [-0.2, 0) is 30.4 Å². The molecule has 1 aliphatic heterocycles. The van der Waals surface area contributed by atoms with Crippen molar-refractivity contribution in [2.24, 2.45) is 0 Å². The Balaban J connectivity index is 1.56. The van der Waals surface area contributed by atoms with Gasteiger partial charge in [0.1, 0.15) is 5.82 Å². The lowest BCUT2D eigenvalue weighted by molar-refractivity contribution is -0.137. The van der Waals surface area contributed by atoms with Gasteiger partial charge in [-0.15, -0.1) is 0 Å².